The predicted octanol–water partition coefficient (Wildman–Crippen LogP) is 11.2. The van der Waals surface area contributed by atoms with Crippen LogP contribution in [0, 0.1) is 0 Å². The summed E-state index contributed by atoms with van der Waals surface area (Å²) >= 11 is 25.1. The largest absolute Gasteiger partial charge is 0.746 e. The van der Waals surface area contributed by atoms with E-state index in [4.69, 9.17) is 48.1 Å². The van der Waals surface area contributed by atoms with Crippen LogP contribution in [0.2, 0.25) is 0 Å². The molecule has 4 rings (SSSR count). The van der Waals surface area contributed by atoms with Gasteiger partial charge in [-0.15, -0.1) is 35.4 Å². The van der Waals surface area contributed by atoms with E-state index in [2.05, 4.69) is 13.2 Å². The van der Waals surface area contributed by atoms with Crippen LogP contribution in [0.15, 0.2) is 24.0 Å². The molecule has 0 saturated heterocycles. The summed E-state index contributed by atoms with van der Waals surface area (Å²) in [6, 6.07) is 0. The van der Waals surface area contributed by atoms with Gasteiger partial charge in [-0.25, -0.2) is 0 Å². The lowest BCUT2D eigenvalue weighted by Crippen LogP contribution is -2.21. The minimum Gasteiger partial charge on any atom is -0.746 e. The second-order valence-electron chi connectivity index (χ2n) is 10.9. The highest BCUT2D eigenvalue weighted by Gasteiger charge is 2.28. The maximum absolute atomic E-state index is 5.91. The number of thioether (sulfide) groups is 1. The molecule has 35 heavy (non-hydrogen) atoms. The average molecular weight is 609 g/mol. The Morgan fingerprint density at radius 2 is 0.686 bits per heavy atom. The smallest absolute Gasteiger partial charge is 0.0320 e. The summed E-state index contributed by atoms with van der Waals surface area (Å²) in [5.74, 6) is 0. The zero-order valence-corrected chi connectivity index (χ0v) is 27.8. The van der Waals surface area contributed by atoms with Crippen LogP contribution in [0.3, 0.4) is 0 Å². The molecule has 7 heteroatoms. The molecule has 0 radical (unpaired) electrons. The first-order chi connectivity index (χ1) is 16.8. The van der Waals surface area contributed by atoms with Gasteiger partial charge in [0.1, 0.15) is 0 Å². The van der Waals surface area contributed by atoms with Crippen molar-refractivity contribution in [2.45, 2.75) is 151 Å². The fourth-order valence-corrected chi connectivity index (χ4v) is 17.2. The molecule has 0 aliphatic heterocycles. The van der Waals surface area contributed by atoms with E-state index in [-0.39, 0.29) is 0 Å². The second-order valence-corrected chi connectivity index (χ2v) is 26.0. The first-order valence-corrected chi connectivity index (χ1v) is 23.2. The van der Waals surface area contributed by atoms with Crippen LogP contribution in [-0.2, 0) is 48.1 Å². The maximum Gasteiger partial charge on any atom is -0.0320 e. The molecule has 0 heterocycles. The van der Waals surface area contributed by atoms with Crippen molar-refractivity contribution in [2.24, 2.45) is 0 Å². The van der Waals surface area contributed by atoms with Gasteiger partial charge in [-0.1, -0.05) is 90.2 Å². The normalized spacial score (nSPS) is 23.8. The summed E-state index contributed by atoms with van der Waals surface area (Å²) in [6.45, 7) is 6.88. The van der Waals surface area contributed by atoms with Gasteiger partial charge in [0.25, 0.3) is 0 Å². The molecule has 204 valence electrons. The van der Waals surface area contributed by atoms with Crippen molar-refractivity contribution in [2.75, 3.05) is 0 Å². The maximum atomic E-state index is 5.91. The van der Waals surface area contributed by atoms with Gasteiger partial charge in [0.15, 0.2) is 0 Å². The van der Waals surface area contributed by atoms with Crippen molar-refractivity contribution in [3.05, 3.63) is 24.0 Å². The monoisotopic (exact) mass is 608 g/mol. The van der Waals surface area contributed by atoms with Gasteiger partial charge < -0.3 is 24.5 Å². The Balaban J connectivity index is 0.000000208. The Bertz CT molecular complexity index is 583. The van der Waals surface area contributed by atoms with Gasteiger partial charge in [0, 0.05) is 0 Å². The molecule has 4 saturated carbocycles. The van der Waals surface area contributed by atoms with Crippen molar-refractivity contribution in [3.8, 4) is 0 Å². The molecule has 0 amide bonds. The molecule has 0 bridgehead atoms. The first-order valence-electron chi connectivity index (χ1n) is 14.3. The molecule has 0 N–H and O–H groups in total. The molecule has 0 aromatic rings. The zero-order chi connectivity index (χ0) is 25.6. The summed E-state index contributed by atoms with van der Waals surface area (Å²) in [7, 11) is 0. The quantitative estimate of drug-likeness (QED) is 0.217. The van der Waals surface area contributed by atoms with E-state index in [1.54, 1.807) is 10.8 Å². The lowest BCUT2D eigenvalue weighted by atomic mass is 10.00. The summed E-state index contributed by atoms with van der Waals surface area (Å²) in [5.41, 5.74) is 3.11. The average Bonchev–Trinajstić information content (AvgIpc) is 2.92. The van der Waals surface area contributed by atoms with Crippen molar-refractivity contribution >= 4 is 70.4 Å². The van der Waals surface area contributed by atoms with Crippen molar-refractivity contribution < 1.29 is 0 Å². The van der Waals surface area contributed by atoms with Gasteiger partial charge in [-0.2, -0.15) is 10.5 Å². The van der Waals surface area contributed by atoms with Crippen molar-refractivity contribution in [1.82, 2.24) is 0 Å². The molecular weight excluding hydrogens is 559 g/mol. The molecule has 0 unspecified atom stereocenters. The van der Waals surface area contributed by atoms with Gasteiger partial charge in [0.05, 0.1) is 0 Å². The zero-order valence-electron chi connectivity index (χ0n) is 22.0. The van der Waals surface area contributed by atoms with Crippen LogP contribution >= 0.6 is 22.2 Å². The molecule has 0 spiro atoms. The van der Waals surface area contributed by atoms with E-state index < -0.39 is 10.5 Å². The molecule has 0 aromatic heterocycles. The van der Waals surface area contributed by atoms with Crippen LogP contribution in [0.5, 0.6) is 0 Å². The highest BCUT2D eigenvalue weighted by Crippen LogP contribution is 2.62. The number of hydrogen-bond acceptors (Lipinski definition) is 5. The lowest BCUT2D eigenvalue weighted by molar-refractivity contribution is 0.488. The summed E-state index contributed by atoms with van der Waals surface area (Å²) < 4.78 is 0. The van der Waals surface area contributed by atoms with E-state index in [0.717, 1.165) is 22.6 Å². The van der Waals surface area contributed by atoms with E-state index in [0.29, 0.717) is 0 Å². The fourth-order valence-electron chi connectivity index (χ4n) is 6.43. The Morgan fingerprint density at radius 3 is 0.829 bits per heavy atom. The van der Waals surface area contributed by atoms with E-state index in [1.807, 2.05) is 0 Å². The Hall–Kier alpha value is 1.83. The van der Waals surface area contributed by atoms with Gasteiger partial charge in [-0.3, -0.25) is 0 Å². The Morgan fingerprint density at radius 1 is 0.486 bits per heavy atom. The molecular formula is C28H50P2S5-2. The predicted molar refractivity (Wildman–Crippen MR) is 179 cm³/mol. The van der Waals surface area contributed by atoms with E-state index in [1.165, 1.54) is 140 Å². The Labute approximate surface area is 243 Å². The third-order valence-corrected chi connectivity index (χ3v) is 22.2. The summed E-state index contributed by atoms with van der Waals surface area (Å²) in [4.78, 5) is 0. The highest BCUT2D eigenvalue weighted by molar-refractivity contribution is 8.56. The third-order valence-electron chi connectivity index (χ3n) is 8.53. The third kappa shape index (κ3) is 11.5. The van der Waals surface area contributed by atoms with Crippen LogP contribution in [0.4, 0.5) is 0 Å². The van der Waals surface area contributed by atoms with Crippen LogP contribution in [0.25, 0.3) is 0 Å². The number of rotatable bonds is 6. The summed E-state index contributed by atoms with van der Waals surface area (Å²) in [5, 5.41) is 0.605. The van der Waals surface area contributed by atoms with E-state index >= 15 is 0 Å². The molecule has 0 nitrogen and oxygen atoms in total. The minimum atomic E-state index is -1.43. The second kappa shape index (κ2) is 18.2. The highest BCUT2D eigenvalue weighted by atomic mass is 32.9. The lowest BCUT2D eigenvalue weighted by Gasteiger charge is -2.47. The van der Waals surface area contributed by atoms with Crippen molar-refractivity contribution in [3.63, 3.8) is 0 Å². The molecule has 4 fully saturated rings. The van der Waals surface area contributed by atoms with Gasteiger partial charge in [-0.05, 0) is 84.8 Å². The minimum absolute atomic E-state index is 0.777. The standard InChI is InChI=1S/2C12H23PS2.C4H6S/c2*14-13(15,11-7-3-1-4-8-11)12-9-5-2-6-10-12;1-3-5-4-2/h2*11-12H,1-10H2,(H,14,15);3-4H,1-2H2/p-2. The van der Waals surface area contributed by atoms with Gasteiger partial charge in [0.2, 0.25) is 0 Å². The summed E-state index contributed by atoms with van der Waals surface area (Å²) in [6.07, 6.45) is 27.7. The topological polar surface area (TPSA) is 0 Å². The molecule has 4 aliphatic carbocycles. The molecule has 4 aliphatic rings. The molecule has 0 aromatic carbocycles. The van der Waals surface area contributed by atoms with Crippen molar-refractivity contribution in [1.29, 1.82) is 0 Å². The van der Waals surface area contributed by atoms with Crippen LogP contribution in [-0.4, -0.2) is 22.6 Å². The van der Waals surface area contributed by atoms with Gasteiger partial charge >= 0.3 is 0 Å². The fraction of sp³-hybridized carbons (Fsp3) is 0.857. The van der Waals surface area contributed by atoms with E-state index in [9.17, 15) is 0 Å². The van der Waals surface area contributed by atoms with Crippen LogP contribution < -0.4 is 0 Å². The first kappa shape index (κ1) is 33.0. The number of hydrogen-bond donors (Lipinski definition) is 0. The Kier molecular flexibility index (Phi) is 17.2. The van der Waals surface area contributed by atoms with Crippen LogP contribution in [0.1, 0.15) is 128 Å². The molecule has 0 atom stereocenters. The SMILES string of the molecule is C=CSC=C.S=P([S-])(C1CCCCC1)C1CCCCC1.S=P([S-])(C1CCCCC1)C1CCCCC1.